The normalized spacial score (nSPS) is 45.2. The molecular formula is C11H17N. The fraction of sp³-hybridized carbons (Fsp3) is 0.909. The van der Waals surface area contributed by atoms with E-state index in [0.29, 0.717) is 5.92 Å². The van der Waals surface area contributed by atoms with Crippen molar-refractivity contribution in [3.05, 3.63) is 0 Å². The summed E-state index contributed by atoms with van der Waals surface area (Å²) in [4.78, 5) is 0. The predicted molar refractivity (Wildman–Crippen MR) is 48.3 cm³/mol. The Morgan fingerprint density at radius 3 is 2.33 bits per heavy atom. The van der Waals surface area contributed by atoms with Crippen molar-refractivity contribution in [1.29, 1.82) is 5.26 Å². The minimum atomic E-state index is 0.407. The lowest BCUT2D eigenvalue weighted by atomic mass is 9.77. The molecule has 0 aromatic heterocycles. The van der Waals surface area contributed by atoms with Crippen LogP contribution in [0.25, 0.3) is 0 Å². The number of nitrogens with zero attached hydrogens (tertiary/aromatic N) is 1. The Labute approximate surface area is 74.8 Å². The summed E-state index contributed by atoms with van der Waals surface area (Å²) in [6.45, 7) is 4.65. The first-order chi connectivity index (χ1) is 5.72. The average molecular weight is 163 g/mol. The molecule has 2 fully saturated rings. The van der Waals surface area contributed by atoms with Crippen LogP contribution < -0.4 is 0 Å². The van der Waals surface area contributed by atoms with Crippen LogP contribution in [0.2, 0.25) is 0 Å². The van der Waals surface area contributed by atoms with Gasteiger partial charge < -0.3 is 0 Å². The van der Waals surface area contributed by atoms with Gasteiger partial charge in [-0.25, -0.2) is 0 Å². The third-order valence-corrected chi connectivity index (χ3v) is 3.93. The molecule has 0 heterocycles. The maximum Gasteiger partial charge on any atom is 0.0658 e. The Morgan fingerprint density at radius 1 is 1.17 bits per heavy atom. The van der Waals surface area contributed by atoms with E-state index in [1.807, 2.05) is 0 Å². The van der Waals surface area contributed by atoms with Crippen LogP contribution >= 0.6 is 0 Å². The van der Waals surface area contributed by atoms with E-state index in [-0.39, 0.29) is 0 Å². The number of nitriles is 1. The lowest BCUT2D eigenvalue weighted by Crippen LogP contribution is -2.20. The van der Waals surface area contributed by atoms with E-state index in [1.54, 1.807) is 0 Å². The van der Waals surface area contributed by atoms with Crippen LogP contribution in [0.4, 0.5) is 0 Å². The molecule has 0 aromatic carbocycles. The Bertz CT molecular complexity index is 214. The molecule has 4 unspecified atom stereocenters. The maximum atomic E-state index is 8.86. The van der Waals surface area contributed by atoms with Crippen molar-refractivity contribution in [2.75, 3.05) is 0 Å². The predicted octanol–water partition coefficient (Wildman–Crippen LogP) is 2.83. The summed E-state index contributed by atoms with van der Waals surface area (Å²) in [7, 11) is 0. The van der Waals surface area contributed by atoms with Gasteiger partial charge in [0.25, 0.3) is 0 Å². The molecule has 0 radical (unpaired) electrons. The van der Waals surface area contributed by atoms with Crippen LogP contribution in [0, 0.1) is 40.9 Å². The summed E-state index contributed by atoms with van der Waals surface area (Å²) >= 11 is 0. The van der Waals surface area contributed by atoms with Gasteiger partial charge in [-0.3, -0.25) is 0 Å². The monoisotopic (exact) mass is 163 g/mol. The number of hydrogen-bond acceptors (Lipinski definition) is 1. The van der Waals surface area contributed by atoms with Crippen LogP contribution in [-0.2, 0) is 0 Å². The highest BCUT2D eigenvalue weighted by Crippen LogP contribution is 2.53. The van der Waals surface area contributed by atoms with Gasteiger partial charge in [0.15, 0.2) is 0 Å². The summed E-state index contributed by atoms with van der Waals surface area (Å²) in [6, 6.07) is 2.45. The largest absolute Gasteiger partial charge is 0.198 e. The molecular weight excluding hydrogens is 146 g/mol. The Hall–Kier alpha value is -0.510. The van der Waals surface area contributed by atoms with Crippen molar-refractivity contribution in [3.63, 3.8) is 0 Å². The first kappa shape index (κ1) is 8.10. The van der Waals surface area contributed by atoms with Crippen LogP contribution in [0.5, 0.6) is 0 Å². The fourth-order valence-electron chi connectivity index (χ4n) is 3.29. The highest BCUT2D eigenvalue weighted by atomic mass is 14.5. The molecule has 1 nitrogen and oxygen atoms in total. The van der Waals surface area contributed by atoms with Gasteiger partial charge in [0.2, 0.25) is 0 Å². The molecule has 12 heavy (non-hydrogen) atoms. The number of rotatable bonds is 1. The van der Waals surface area contributed by atoms with Crippen molar-refractivity contribution in [3.8, 4) is 6.07 Å². The second kappa shape index (κ2) is 2.76. The van der Waals surface area contributed by atoms with E-state index in [9.17, 15) is 0 Å². The Kier molecular flexibility index (Phi) is 1.87. The Morgan fingerprint density at radius 2 is 1.92 bits per heavy atom. The van der Waals surface area contributed by atoms with Crippen molar-refractivity contribution < 1.29 is 0 Å². The molecule has 0 aromatic rings. The molecule has 0 N–H and O–H groups in total. The van der Waals surface area contributed by atoms with Gasteiger partial charge in [0, 0.05) is 5.92 Å². The minimum Gasteiger partial charge on any atom is -0.198 e. The van der Waals surface area contributed by atoms with Gasteiger partial charge in [0.1, 0.15) is 0 Å². The maximum absolute atomic E-state index is 8.86. The molecule has 2 saturated carbocycles. The molecule has 2 aliphatic carbocycles. The van der Waals surface area contributed by atoms with E-state index in [0.717, 1.165) is 23.7 Å². The van der Waals surface area contributed by atoms with Crippen molar-refractivity contribution >= 4 is 0 Å². The summed E-state index contributed by atoms with van der Waals surface area (Å²) < 4.78 is 0. The SMILES string of the molecule is CC(C)C1CC2CC1CC2C#N. The van der Waals surface area contributed by atoms with Crippen LogP contribution in [0.15, 0.2) is 0 Å². The molecule has 2 rings (SSSR count). The van der Waals surface area contributed by atoms with E-state index < -0.39 is 0 Å². The molecule has 0 aliphatic heterocycles. The molecule has 0 spiro atoms. The van der Waals surface area contributed by atoms with Crippen LogP contribution in [0.1, 0.15) is 33.1 Å². The smallest absolute Gasteiger partial charge is 0.0658 e. The quantitative estimate of drug-likeness (QED) is 0.583. The van der Waals surface area contributed by atoms with Gasteiger partial charge >= 0.3 is 0 Å². The topological polar surface area (TPSA) is 23.8 Å². The average Bonchev–Trinajstić information content (AvgIpc) is 2.60. The van der Waals surface area contributed by atoms with Gasteiger partial charge in [-0.2, -0.15) is 5.26 Å². The third kappa shape index (κ3) is 1.05. The lowest BCUT2D eigenvalue weighted by molar-refractivity contribution is 0.232. The second-order valence-corrected chi connectivity index (χ2v) is 4.87. The van der Waals surface area contributed by atoms with E-state index in [4.69, 9.17) is 5.26 Å². The van der Waals surface area contributed by atoms with Gasteiger partial charge in [0.05, 0.1) is 6.07 Å². The summed E-state index contributed by atoms with van der Waals surface area (Å²) in [5.41, 5.74) is 0. The molecule has 0 amide bonds. The first-order valence-electron chi connectivity index (χ1n) is 5.12. The fourth-order valence-corrected chi connectivity index (χ4v) is 3.29. The third-order valence-electron chi connectivity index (χ3n) is 3.93. The molecule has 4 atom stereocenters. The van der Waals surface area contributed by atoms with Gasteiger partial charge in [-0.15, -0.1) is 0 Å². The summed E-state index contributed by atoms with van der Waals surface area (Å²) in [5.74, 6) is 3.82. The van der Waals surface area contributed by atoms with Gasteiger partial charge in [-0.1, -0.05) is 13.8 Å². The highest BCUT2D eigenvalue weighted by molar-refractivity contribution is 5.03. The van der Waals surface area contributed by atoms with Crippen LogP contribution in [-0.4, -0.2) is 0 Å². The first-order valence-corrected chi connectivity index (χ1v) is 5.12. The summed E-state index contributed by atoms with van der Waals surface area (Å²) in [5, 5.41) is 8.86. The zero-order chi connectivity index (χ0) is 8.72. The van der Waals surface area contributed by atoms with Gasteiger partial charge in [-0.05, 0) is 42.9 Å². The van der Waals surface area contributed by atoms with E-state index in [2.05, 4.69) is 19.9 Å². The zero-order valence-corrected chi connectivity index (χ0v) is 7.96. The lowest BCUT2D eigenvalue weighted by Gasteiger charge is -2.27. The van der Waals surface area contributed by atoms with Crippen molar-refractivity contribution in [1.82, 2.24) is 0 Å². The molecule has 1 heteroatoms. The highest BCUT2D eigenvalue weighted by Gasteiger charge is 2.46. The Balaban J connectivity index is 2.04. The van der Waals surface area contributed by atoms with E-state index in [1.165, 1.54) is 19.3 Å². The molecule has 2 aliphatic rings. The molecule has 0 saturated heterocycles. The van der Waals surface area contributed by atoms with Crippen molar-refractivity contribution in [2.24, 2.45) is 29.6 Å². The standard InChI is InChI=1S/C11H17N/c1-7(2)11-5-8-3-9(11)4-10(8)6-12/h7-11H,3-5H2,1-2H3. The second-order valence-electron chi connectivity index (χ2n) is 4.87. The number of hydrogen-bond donors (Lipinski definition) is 0. The molecule has 66 valence electrons. The van der Waals surface area contributed by atoms with Crippen molar-refractivity contribution in [2.45, 2.75) is 33.1 Å². The zero-order valence-electron chi connectivity index (χ0n) is 7.96. The van der Waals surface area contributed by atoms with Crippen LogP contribution in [0.3, 0.4) is 0 Å². The minimum absolute atomic E-state index is 0.407. The number of fused-ring (bicyclic) bond motifs is 2. The van der Waals surface area contributed by atoms with E-state index >= 15 is 0 Å². The summed E-state index contributed by atoms with van der Waals surface area (Å²) in [6.07, 6.45) is 3.88. The molecule has 2 bridgehead atoms.